The van der Waals surface area contributed by atoms with Gasteiger partial charge in [-0.1, -0.05) is 68.5 Å². The van der Waals surface area contributed by atoms with E-state index in [9.17, 15) is 9.59 Å². The Morgan fingerprint density at radius 1 is 0.800 bits per heavy atom. The normalized spacial score (nSPS) is 16.0. The molecule has 0 spiro atoms. The Morgan fingerprint density at radius 2 is 1.57 bits per heavy atom. The Labute approximate surface area is 236 Å². The summed E-state index contributed by atoms with van der Waals surface area (Å²) in [6.45, 7) is 3.08. The van der Waals surface area contributed by atoms with E-state index >= 15 is 0 Å². The van der Waals surface area contributed by atoms with E-state index in [1.165, 1.54) is 32.1 Å². The van der Waals surface area contributed by atoms with Crippen LogP contribution >= 0.6 is 0 Å². The van der Waals surface area contributed by atoms with Crippen LogP contribution in [-0.2, 0) is 17.8 Å². The number of benzene rings is 2. The number of hydrogen-bond donors (Lipinski definition) is 0. The minimum atomic E-state index is -0.0261. The summed E-state index contributed by atoms with van der Waals surface area (Å²) >= 11 is 0. The van der Waals surface area contributed by atoms with E-state index in [2.05, 4.69) is 10.2 Å². The van der Waals surface area contributed by atoms with Crippen LogP contribution in [0.2, 0.25) is 0 Å². The second kappa shape index (κ2) is 13.9. The van der Waals surface area contributed by atoms with E-state index in [0.717, 1.165) is 23.7 Å². The van der Waals surface area contributed by atoms with Gasteiger partial charge in [-0.2, -0.15) is 5.10 Å². The van der Waals surface area contributed by atoms with Gasteiger partial charge in [-0.15, -0.1) is 5.10 Å². The van der Waals surface area contributed by atoms with Crippen molar-refractivity contribution in [2.24, 2.45) is 5.92 Å². The fourth-order valence-corrected chi connectivity index (χ4v) is 5.40. The molecule has 210 valence electrons. The molecule has 3 aromatic rings. The highest BCUT2D eigenvalue weighted by atomic mass is 16.5. The van der Waals surface area contributed by atoms with E-state index in [1.807, 2.05) is 59.5 Å². The van der Waals surface area contributed by atoms with Crippen LogP contribution in [0.25, 0.3) is 0 Å². The molecule has 8 heteroatoms. The van der Waals surface area contributed by atoms with Gasteiger partial charge < -0.3 is 19.3 Å². The third-order valence-corrected chi connectivity index (χ3v) is 7.78. The van der Waals surface area contributed by atoms with Crippen LogP contribution < -0.4 is 9.47 Å². The van der Waals surface area contributed by atoms with Gasteiger partial charge in [0.05, 0.1) is 18.7 Å². The molecule has 2 amide bonds. The third kappa shape index (κ3) is 7.81. The van der Waals surface area contributed by atoms with E-state index < -0.39 is 0 Å². The number of carbonyl (C=O) groups is 2. The highest BCUT2D eigenvalue weighted by molar-refractivity contribution is 5.94. The van der Waals surface area contributed by atoms with Crippen molar-refractivity contribution in [3.63, 3.8) is 0 Å². The first-order chi connectivity index (χ1) is 19.6. The molecule has 0 N–H and O–H groups in total. The van der Waals surface area contributed by atoms with E-state index in [1.54, 1.807) is 17.0 Å². The summed E-state index contributed by atoms with van der Waals surface area (Å²) < 4.78 is 11.7. The Kier molecular flexibility index (Phi) is 9.61. The number of ether oxygens (including phenoxy) is 2. The van der Waals surface area contributed by atoms with Crippen LogP contribution in [0.1, 0.15) is 60.1 Å². The topological polar surface area (TPSA) is 84.9 Å². The number of nitrogens with zero attached hydrogens (tertiary/aromatic N) is 4. The van der Waals surface area contributed by atoms with Gasteiger partial charge in [0.15, 0.2) is 0 Å². The number of hydrogen-bond acceptors (Lipinski definition) is 6. The van der Waals surface area contributed by atoms with E-state index in [-0.39, 0.29) is 18.2 Å². The second-order valence-electron chi connectivity index (χ2n) is 10.7. The molecule has 2 heterocycles. The van der Waals surface area contributed by atoms with Gasteiger partial charge in [0, 0.05) is 37.8 Å². The van der Waals surface area contributed by atoms with E-state index in [0.29, 0.717) is 56.5 Å². The average molecular weight is 543 g/mol. The molecule has 1 aliphatic heterocycles. The molecule has 2 fully saturated rings. The molecule has 5 rings (SSSR count). The SMILES string of the molecule is O=C(Cc1ccc(OCc2ccccc2)nn1)N1CCN(C(=O)c2cccc(OCCC3CCCCC3)c2)CC1. The number of piperazine rings is 1. The first kappa shape index (κ1) is 27.6. The molecule has 8 nitrogen and oxygen atoms in total. The van der Waals surface area contributed by atoms with Crippen molar-refractivity contribution < 1.29 is 19.1 Å². The molecule has 40 heavy (non-hydrogen) atoms. The minimum Gasteiger partial charge on any atom is -0.494 e. The summed E-state index contributed by atoms with van der Waals surface area (Å²) in [6, 6.07) is 20.8. The molecule has 1 aliphatic carbocycles. The third-order valence-electron chi connectivity index (χ3n) is 7.78. The number of aromatic nitrogens is 2. The van der Waals surface area contributed by atoms with Gasteiger partial charge in [0.1, 0.15) is 12.4 Å². The molecular formula is C32H38N4O4. The summed E-state index contributed by atoms with van der Waals surface area (Å²) in [6.07, 6.45) is 7.88. The maximum Gasteiger partial charge on any atom is 0.254 e. The van der Waals surface area contributed by atoms with Crippen molar-refractivity contribution in [1.82, 2.24) is 20.0 Å². The fourth-order valence-electron chi connectivity index (χ4n) is 5.40. The largest absolute Gasteiger partial charge is 0.494 e. The maximum absolute atomic E-state index is 13.2. The Balaban J connectivity index is 1.05. The summed E-state index contributed by atoms with van der Waals surface area (Å²) in [5, 5.41) is 8.27. The summed E-state index contributed by atoms with van der Waals surface area (Å²) in [4.78, 5) is 29.6. The summed E-state index contributed by atoms with van der Waals surface area (Å²) in [5.41, 5.74) is 2.27. The number of carbonyl (C=O) groups excluding carboxylic acids is 2. The molecule has 1 aromatic heterocycles. The quantitative estimate of drug-likeness (QED) is 0.361. The summed E-state index contributed by atoms with van der Waals surface area (Å²) in [7, 11) is 0. The Hall–Kier alpha value is -3.94. The van der Waals surface area contributed by atoms with Crippen LogP contribution in [0.4, 0.5) is 0 Å². The van der Waals surface area contributed by atoms with Crippen LogP contribution in [-0.4, -0.2) is 64.6 Å². The molecule has 2 aliphatic rings. The first-order valence-corrected chi connectivity index (χ1v) is 14.4. The predicted molar refractivity (Wildman–Crippen MR) is 152 cm³/mol. The Morgan fingerprint density at radius 3 is 2.33 bits per heavy atom. The molecule has 1 saturated carbocycles. The molecular weight excluding hydrogens is 504 g/mol. The summed E-state index contributed by atoms with van der Waals surface area (Å²) in [5.74, 6) is 1.89. The molecule has 2 aromatic carbocycles. The highest BCUT2D eigenvalue weighted by Gasteiger charge is 2.25. The lowest BCUT2D eigenvalue weighted by Crippen LogP contribution is -2.51. The smallest absolute Gasteiger partial charge is 0.254 e. The van der Waals surface area contributed by atoms with Crippen LogP contribution in [0, 0.1) is 5.92 Å². The number of amides is 2. The van der Waals surface area contributed by atoms with Crippen LogP contribution in [0.3, 0.4) is 0 Å². The lowest BCUT2D eigenvalue weighted by molar-refractivity contribution is -0.132. The molecule has 0 unspecified atom stereocenters. The van der Waals surface area contributed by atoms with Gasteiger partial charge in [0.2, 0.25) is 11.8 Å². The zero-order valence-electron chi connectivity index (χ0n) is 23.0. The first-order valence-electron chi connectivity index (χ1n) is 14.4. The standard InChI is InChI=1S/C32H38N4O4/c37-31(23-28-14-15-30(34-33-28)40-24-26-10-5-2-6-11-26)35-17-19-36(20-18-35)32(38)27-12-7-13-29(22-27)39-21-16-25-8-3-1-4-9-25/h2,5-7,10-15,22,25H,1,3-4,8-9,16-21,23-24H2. The van der Waals surface area contributed by atoms with Gasteiger partial charge in [-0.25, -0.2) is 0 Å². The fraction of sp³-hybridized carbons (Fsp3) is 0.438. The molecule has 0 atom stereocenters. The molecule has 0 bridgehead atoms. The van der Waals surface area contributed by atoms with Crippen LogP contribution in [0.5, 0.6) is 11.6 Å². The van der Waals surface area contributed by atoms with Gasteiger partial charge in [-0.3, -0.25) is 9.59 Å². The maximum atomic E-state index is 13.2. The zero-order chi connectivity index (χ0) is 27.6. The monoisotopic (exact) mass is 542 g/mol. The van der Waals surface area contributed by atoms with Gasteiger partial charge >= 0.3 is 0 Å². The van der Waals surface area contributed by atoms with Crippen molar-refractivity contribution in [1.29, 1.82) is 0 Å². The second-order valence-corrected chi connectivity index (χ2v) is 10.7. The van der Waals surface area contributed by atoms with Crippen molar-refractivity contribution in [2.75, 3.05) is 32.8 Å². The predicted octanol–water partition coefficient (Wildman–Crippen LogP) is 4.93. The minimum absolute atomic E-state index is 0.0206. The van der Waals surface area contributed by atoms with Crippen molar-refractivity contribution >= 4 is 11.8 Å². The molecule has 1 saturated heterocycles. The lowest BCUT2D eigenvalue weighted by atomic mass is 9.87. The van der Waals surface area contributed by atoms with E-state index in [4.69, 9.17) is 9.47 Å². The van der Waals surface area contributed by atoms with Gasteiger partial charge in [-0.05, 0) is 42.2 Å². The van der Waals surface area contributed by atoms with Crippen molar-refractivity contribution in [3.8, 4) is 11.6 Å². The zero-order valence-corrected chi connectivity index (χ0v) is 23.0. The number of rotatable bonds is 10. The highest BCUT2D eigenvalue weighted by Crippen LogP contribution is 2.26. The van der Waals surface area contributed by atoms with Gasteiger partial charge in [0.25, 0.3) is 5.91 Å². The van der Waals surface area contributed by atoms with Crippen molar-refractivity contribution in [2.45, 2.75) is 51.6 Å². The average Bonchev–Trinajstić information content (AvgIpc) is 3.01. The van der Waals surface area contributed by atoms with Crippen LogP contribution in [0.15, 0.2) is 66.7 Å². The lowest BCUT2D eigenvalue weighted by Gasteiger charge is -2.34. The van der Waals surface area contributed by atoms with Crippen molar-refractivity contribution in [3.05, 3.63) is 83.6 Å². The Bertz CT molecular complexity index is 1240. The molecule has 0 radical (unpaired) electrons.